The molecule has 7 nitrogen and oxygen atoms in total. The molecule has 0 aliphatic carbocycles. The zero-order valence-corrected chi connectivity index (χ0v) is 17.0. The summed E-state index contributed by atoms with van der Waals surface area (Å²) in [4.78, 5) is 42.3. The first kappa shape index (κ1) is 21.6. The molecule has 0 atom stereocenters. The van der Waals surface area contributed by atoms with E-state index < -0.39 is 29.4 Å². The predicted octanol–water partition coefficient (Wildman–Crippen LogP) is 3.41. The number of ketones is 1. The first-order chi connectivity index (χ1) is 13.0. The Balaban J connectivity index is 2.08. The molecule has 1 fully saturated rings. The quantitative estimate of drug-likeness (QED) is 0.307. The highest BCUT2D eigenvalue weighted by molar-refractivity contribution is 6.20. The standard InChI is InChI=1S/C21H27NO6/c1-20(2,3)12-15(22-26-13-14-9-7-6-8-10-14)11-16(23)17-18(24)27-21(4,5)28-19(17)25/h6-10,17H,11-13H2,1-5H3. The van der Waals surface area contributed by atoms with Crippen LogP contribution in [0.25, 0.3) is 0 Å². The Kier molecular flexibility index (Phi) is 6.59. The number of carbonyl (C=O) groups excluding carboxylic acids is 3. The zero-order chi connectivity index (χ0) is 20.9. The first-order valence-electron chi connectivity index (χ1n) is 9.17. The van der Waals surface area contributed by atoms with Crippen molar-refractivity contribution in [2.45, 2.75) is 59.9 Å². The monoisotopic (exact) mass is 389 g/mol. The van der Waals surface area contributed by atoms with Crippen LogP contribution in [0, 0.1) is 11.3 Å². The van der Waals surface area contributed by atoms with Gasteiger partial charge in [0.15, 0.2) is 5.78 Å². The van der Waals surface area contributed by atoms with Crippen molar-refractivity contribution in [3.05, 3.63) is 35.9 Å². The Morgan fingerprint density at radius 3 is 2.21 bits per heavy atom. The van der Waals surface area contributed by atoms with Crippen molar-refractivity contribution in [1.29, 1.82) is 0 Å². The number of oxime groups is 1. The Labute approximate surface area is 165 Å². The molecule has 1 saturated heterocycles. The smallest absolute Gasteiger partial charge is 0.331 e. The van der Waals surface area contributed by atoms with Crippen molar-refractivity contribution in [2.75, 3.05) is 0 Å². The van der Waals surface area contributed by atoms with E-state index in [2.05, 4.69) is 5.16 Å². The van der Waals surface area contributed by atoms with Crippen LogP contribution < -0.4 is 0 Å². The lowest BCUT2D eigenvalue weighted by molar-refractivity contribution is -0.238. The predicted molar refractivity (Wildman–Crippen MR) is 102 cm³/mol. The third-order valence-electron chi connectivity index (χ3n) is 3.87. The maximum absolute atomic E-state index is 12.6. The molecular weight excluding hydrogens is 362 g/mol. The van der Waals surface area contributed by atoms with Crippen LogP contribution in [-0.2, 0) is 35.3 Å². The number of esters is 2. The number of hydrogen-bond acceptors (Lipinski definition) is 7. The van der Waals surface area contributed by atoms with Crippen LogP contribution in [0.5, 0.6) is 0 Å². The van der Waals surface area contributed by atoms with E-state index in [1.807, 2.05) is 51.1 Å². The Morgan fingerprint density at radius 2 is 1.68 bits per heavy atom. The van der Waals surface area contributed by atoms with Gasteiger partial charge in [0.05, 0.1) is 5.71 Å². The summed E-state index contributed by atoms with van der Waals surface area (Å²) in [6, 6.07) is 9.49. The summed E-state index contributed by atoms with van der Waals surface area (Å²) in [7, 11) is 0. The van der Waals surface area contributed by atoms with Crippen LogP contribution in [0.4, 0.5) is 0 Å². The molecule has 0 spiro atoms. The maximum Gasteiger partial charge on any atom is 0.331 e. The molecule has 2 rings (SSSR count). The molecule has 0 amide bonds. The van der Waals surface area contributed by atoms with E-state index >= 15 is 0 Å². The fourth-order valence-electron chi connectivity index (χ4n) is 2.80. The number of cyclic esters (lactones) is 2. The second-order valence-electron chi connectivity index (χ2n) is 8.47. The van der Waals surface area contributed by atoms with Gasteiger partial charge in [-0.1, -0.05) is 56.3 Å². The maximum atomic E-state index is 12.6. The molecule has 152 valence electrons. The highest BCUT2D eigenvalue weighted by atomic mass is 16.7. The number of rotatable bonds is 7. The van der Waals surface area contributed by atoms with E-state index in [0.717, 1.165) is 5.56 Å². The highest BCUT2D eigenvalue weighted by Crippen LogP contribution is 2.26. The summed E-state index contributed by atoms with van der Waals surface area (Å²) < 4.78 is 10.1. The minimum Gasteiger partial charge on any atom is -0.422 e. The number of nitrogens with zero attached hydrogens (tertiary/aromatic N) is 1. The van der Waals surface area contributed by atoms with Crippen molar-refractivity contribution in [3.8, 4) is 0 Å². The normalized spacial score (nSPS) is 17.7. The van der Waals surface area contributed by atoms with Crippen molar-refractivity contribution < 1.29 is 28.7 Å². The van der Waals surface area contributed by atoms with Crippen molar-refractivity contribution in [3.63, 3.8) is 0 Å². The molecule has 0 aromatic heterocycles. The lowest BCUT2D eigenvalue weighted by Gasteiger charge is -2.32. The number of hydrogen-bond donors (Lipinski definition) is 0. The van der Waals surface area contributed by atoms with Gasteiger partial charge in [-0.3, -0.25) is 14.4 Å². The van der Waals surface area contributed by atoms with E-state index in [0.29, 0.717) is 12.1 Å². The second kappa shape index (κ2) is 8.54. The molecule has 1 aliphatic heterocycles. The minimum absolute atomic E-state index is 0.162. The van der Waals surface area contributed by atoms with Crippen LogP contribution >= 0.6 is 0 Å². The molecule has 0 radical (unpaired) electrons. The zero-order valence-electron chi connectivity index (χ0n) is 17.0. The first-order valence-corrected chi connectivity index (χ1v) is 9.17. The van der Waals surface area contributed by atoms with Gasteiger partial charge in [0.2, 0.25) is 5.92 Å². The topological polar surface area (TPSA) is 91.3 Å². The minimum atomic E-state index is -1.59. The van der Waals surface area contributed by atoms with Crippen molar-refractivity contribution in [1.82, 2.24) is 0 Å². The molecule has 0 saturated carbocycles. The van der Waals surface area contributed by atoms with Gasteiger partial charge in [0.25, 0.3) is 5.79 Å². The molecule has 0 unspecified atom stereocenters. The summed E-state index contributed by atoms with van der Waals surface area (Å²) in [5, 5.41) is 4.11. The number of benzene rings is 1. The molecule has 28 heavy (non-hydrogen) atoms. The van der Waals surface area contributed by atoms with E-state index in [1.165, 1.54) is 13.8 Å². The number of carbonyl (C=O) groups is 3. The summed E-state index contributed by atoms with van der Waals surface area (Å²) in [6.07, 6.45) is 0.275. The lowest BCUT2D eigenvalue weighted by atomic mass is 9.86. The largest absolute Gasteiger partial charge is 0.422 e. The van der Waals surface area contributed by atoms with E-state index in [1.54, 1.807) is 0 Å². The number of Topliss-reactive ketones (excluding diaryl/α,β-unsaturated/α-hetero) is 1. The van der Waals surface area contributed by atoms with Crippen LogP contribution in [0.1, 0.15) is 53.0 Å². The van der Waals surface area contributed by atoms with E-state index in [-0.39, 0.29) is 18.4 Å². The third-order valence-corrected chi connectivity index (χ3v) is 3.87. The molecule has 1 aromatic carbocycles. The van der Waals surface area contributed by atoms with Gasteiger partial charge in [-0.05, 0) is 17.4 Å². The Bertz CT molecular complexity index is 741. The van der Waals surface area contributed by atoms with Gasteiger partial charge in [-0.25, -0.2) is 0 Å². The summed E-state index contributed by atoms with van der Waals surface area (Å²) in [5.41, 5.74) is 1.23. The van der Waals surface area contributed by atoms with Crippen molar-refractivity contribution >= 4 is 23.4 Å². The van der Waals surface area contributed by atoms with Gasteiger partial charge in [0, 0.05) is 20.3 Å². The van der Waals surface area contributed by atoms with Crippen LogP contribution in [-0.4, -0.2) is 29.2 Å². The van der Waals surface area contributed by atoms with E-state index in [9.17, 15) is 14.4 Å². The van der Waals surface area contributed by atoms with Gasteiger partial charge in [-0.2, -0.15) is 0 Å². The Hall–Kier alpha value is -2.70. The molecule has 1 aliphatic rings. The van der Waals surface area contributed by atoms with Crippen LogP contribution in [0.2, 0.25) is 0 Å². The number of ether oxygens (including phenoxy) is 2. The van der Waals surface area contributed by atoms with E-state index in [4.69, 9.17) is 14.3 Å². The van der Waals surface area contributed by atoms with Gasteiger partial charge < -0.3 is 14.3 Å². The Morgan fingerprint density at radius 1 is 1.11 bits per heavy atom. The summed E-state index contributed by atoms with van der Waals surface area (Å²) >= 11 is 0. The molecule has 0 N–H and O–H groups in total. The summed E-state index contributed by atoms with van der Waals surface area (Å²) in [6.45, 7) is 9.12. The molecular formula is C21H27NO6. The van der Waals surface area contributed by atoms with Gasteiger partial charge in [0.1, 0.15) is 6.61 Å². The average Bonchev–Trinajstić information content (AvgIpc) is 2.52. The fraction of sp³-hybridized carbons (Fsp3) is 0.524. The molecule has 1 aromatic rings. The van der Waals surface area contributed by atoms with Crippen LogP contribution in [0.15, 0.2) is 35.5 Å². The highest BCUT2D eigenvalue weighted by Gasteiger charge is 2.47. The third kappa shape index (κ3) is 6.48. The molecule has 0 bridgehead atoms. The SMILES string of the molecule is CC(C)(C)CC(CC(=O)C1C(=O)OC(C)(C)OC1=O)=NOCc1ccccc1. The van der Waals surface area contributed by atoms with Gasteiger partial charge >= 0.3 is 11.9 Å². The van der Waals surface area contributed by atoms with Gasteiger partial charge in [-0.15, -0.1) is 0 Å². The second-order valence-corrected chi connectivity index (χ2v) is 8.47. The average molecular weight is 389 g/mol. The van der Waals surface area contributed by atoms with Crippen molar-refractivity contribution in [2.24, 2.45) is 16.5 Å². The van der Waals surface area contributed by atoms with Crippen LogP contribution in [0.3, 0.4) is 0 Å². The summed E-state index contributed by atoms with van der Waals surface area (Å²) in [5.74, 6) is -5.37. The molecule has 1 heterocycles. The molecule has 7 heteroatoms. The fourth-order valence-corrected chi connectivity index (χ4v) is 2.80. The lowest BCUT2D eigenvalue weighted by Crippen LogP contribution is -2.49.